The molecular weight excluding hydrogens is 463 g/mol. The zero-order valence-corrected chi connectivity index (χ0v) is 18.8. The number of nitrogens with zero attached hydrogens (tertiary/aromatic N) is 4. The number of piperazine rings is 1. The van der Waals surface area contributed by atoms with Crippen LogP contribution in [0.5, 0.6) is 11.5 Å². The number of H-pyrrole nitrogens is 1. The van der Waals surface area contributed by atoms with Crippen LogP contribution in [0.1, 0.15) is 22.6 Å². The highest BCUT2D eigenvalue weighted by molar-refractivity contribution is 5.95. The molecule has 2 heterocycles. The van der Waals surface area contributed by atoms with Crippen LogP contribution in [0.4, 0.5) is 18.9 Å². The molecule has 1 aromatic heterocycles. The number of nitriles is 1. The highest BCUT2D eigenvalue weighted by atomic mass is 19.4. The number of nitrogens with one attached hydrogen (secondary N) is 1. The van der Waals surface area contributed by atoms with Gasteiger partial charge in [0.25, 0.3) is 0 Å². The van der Waals surface area contributed by atoms with Crippen molar-refractivity contribution in [2.24, 2.45) is 0 Å². The van der Waals surface area contributed by atoms with Gasteiger partial charge in [-0.05, 0) is 29.8 Å². The van der Waals surface area contributed by atoms with Gasteiger partial charge in [-0.1, -0.05) is 12.1 Å². The molecule has 182 valence electrons. The smallest absolute Gasteiger partial charge is 0.495 e. The van der Waals surface area contributed by atoms with Crippen LogP contribution < -0.4 is 14.4 Å². The van der Waals surface area contributed by atoms with Crippen LogP contribution in [-0.2, 0) is 17.8 Å². The van der Waals surface area contributed by atoms with E-state index in [0.717, 1.165) is 17.1 Å². The number of carbonyl (C=O) groups is 1. The predicted molar refractivity (Wildman–Crippen MR) is 120 cm³/mol. The lowest BCUT2D eigenvalue weighted by molar-refractivity contribution is -0.274. The Hall–Kier alpha value is -4.04. The fraction of sp³-hybridized carbons (Fsp3) is 0.292. The normalized spacial score (nSPS) is 14.6. The Balaban J connectivity index is 1.35. The SMILES string of the molecule is COc1cc(Cc2ncc(CN3CCN(c4cccc(OC(F)(F)F)c4)C(=O)C3)[nH]2)ccc1C#N. The summed E-state index contributed by atoms with van der Waals surface area (Å²) in [6.45, 7) is 1.46. The van der Waals surface area contributed by atoms with Gasteiger partial charge in [0.1, 0.15) is 23.4 Å². The summed E-state index contributed by atoms with van der Waals surface area (Å²) in [5, 5.41) is 9.12. The van der Waals surface area contributed by atoms with Gasteiger partial charge in [0.05, 0.1) is 19.2 Å². The first-order valence-electron chi connectivity index (χ1n) is 10.7. The van der Waals surface area contributed by atoms with E-state index in [-0.39, 0.29) is 18.2 Å². The number of ether oxygens (including phenoxy) is 2. The second kappa shape index (κ2) is 10.1. The van der Waals surface area contributed by atoms with Crippen molar-refractivity contribution in [3.63, 3.8) is 0 Å². The zero-order valence-electron chi connectivity index (χ0n) is 18.8. The van der Waals surface area contributed by atoms with Crippen molar-refractivity contribution in [3.05, 3.63) is 71.3 Å². The van der Waals surface area contributed by atoms with E-state index in [4.69, 9.17) is 10.00 Å². The zero-order chi connectivity index (χ0) is 25.0. The molecule has 0 spiro atoms. The minimum absolute atomic E-state index is 0.117. The molecular formula is C24H22F3N5O3. The number of imidazole rings is 1. The van der Waals surface area contributed by atoms with Gasteiger partial charge in [-0.25, -0.2) is 4.98 Å². The third-order valence-corrected chi connectivity index (χ3v) is 5.50. The van der Waals surface area contributed by atoms with Gasteiger partial charge in [-0.2, -0.15) is 5.26 Å². The summed E-state index contributed by atoms with van der Waals surface area (Å²) >= 11 is 0. The minimum atomic E-state index is -4.80. The van der Waals surface area contributed by atoms with Crippen LogP contribution in [0, 0.1) is 11.3 Å². The van der Waals surface area contributed by atoms with Crippen LogP contribution in [0.15, 0.2) is 48.7 Å². The topological polar surface area (TPSA) is 94.5 Å². The molecule has 8 nitrogen and oxygen atoms in total. The third-order valence-electron chi connectivity index (χ3n) is 5.50. The number of aromatic nitrogens is 2. The van der Waals surface area contributed by atoms with Crippen LogP contribution in [0.2, 0.25) is 0 Å². The van der Waals surface area contributed by atoms with Gasteiger partial charge in [-0.3, -0.25) is 9.69 Å². The largest absolute Gasteiger partial charge is 0.573 e. The summed E-state index contributed by atoms with van der Waals surface area (Å²) in [5.74, 6) is 0.654. The maximum Gasteiger partial charge on any atom is 0.573 e. The Morgan fingerprint density at radius 3 is 2.74 bits per heavy atom. The molecule has 0 unspecified atom stereocenters. The molecule has 3 aromatic rings. The number of hydrogen-bond acceptors (Lipinski definition) is 6. The Labute approximate surface area is 199 Å². The van der Waals surface area contributed by atoms with E-state index in [0.29, 0.717) is 43.1 Å². The van der Waals surface area contributed by atoms with Crippen molar-refractivity contribution < 1.29 is 27.4 Å². The molecule has 11 heteroatoms. The Kier molecular flexibility index (Phi) is 6.93. The lowest BCUT2D eigenvalue weighted by Gasteiger charge is -2.34. The number of hydrogen-bond donors (Lipinski definition) is 1. The van der Waals surface area contributed by atoms with E-state index < -0.39 is 6.36 Å². The van der Waals surface area contributed by atoms with Gasteiger partial charge in [-0.15, -0.1) is 13.2 Å². The molecule has 1 aliphatic rings. The van der Waals surface area contributed by atoms with Crippen molar-refractivity contribution in [1.29, 1.82) is 5.26 Å². The molecule has 4 rings (SSSR count). The Morgan fingerprint density at radius 2 is 2.03 bits per heavy atom. The molecule has 1 N–H and O–H groups in total. The predicted octanol–water partition coefficient (Wildman–Crippen LogP) is 3.63. The first-order valence-corrected chi connectivity index (χ1v) is 10.7. The average Bonchev–Trinajstić information content (AvgIpc) is 3.24. The number of benzene rings is 2. The van der Waals surface area contributed by atoms with Gasteiger partial charge in [0, 0.05) is 49.7 Å². The van der Waals surface area contributed by atoms with Crippen molar-refractivity contribution in [3.8, 4) is 17.6 Å². The molecule has 1 fully saturated rings. The minimum Gasteiger partial charge on any atom is -0.495 e. The number of aromatic amines is 1. The van der Waals surface area contributed by atoms with Crippen LogP contribution in [0.25, 0.3) is 0 Å². The molecule has 0 aliphatic carbocycles. The maximum atomic E-state index is 12.7. The number of rotatable bonds is 7. The summed E-state index contributed by atoms with van der Waals surface area (Å²) in [7, 11) is 1.51. The van der Waals surface area contributed by atoms with E-state index in [1.807, 2.05) is 11.0 Å². The van der Waals surface area contributed by atoms with Crippen molar-refractivity contribution >= 4 is 11.6 Å². The molecule has 0 radical (unpaired) electrons. The molecule has 1 saturated heterocycles. The monoisotopic (exact) mass is 485 g/mol. The quantitative estimate of drug-likeness (QED) is 0.549. The summed E-state index contributed by atoms with van der Waals surface area (Å²) < 4.78 is 46.7. The maximum absolute atomic E-state index is 12.7. The lowest BCUT2D eigenvalue weighted by atomic mass is 10.1. The lowest BCUT2D eigenvalue weighted by Crippen LogP contribution is -2.50. The van der Waals surface area contributed by atoms with Gasteiger partial charge >= 0.3 is 6.36 Å². The van der Waals surface area contributed by atoms with Crippen molar-refractivity contribution in [2.75, 3.05) is 31.6 Å². The highest BCUT2D eigenvalue weighted by Crippen LogP contribution is 2.28. The second-order valence-electron chi connectivity index (χ2n) is 7.98. The summed E-state index contributed by atoms with van der Waals surface area (Å²) in [5.41, 5.74) is 2.59. The summed E-state index contributed by atoms with van der Waals surface area (Å²) in [6, 6.07) is 12.8. The number of anilines is 1. The number of amides is 1. The standard InChI is InChI=1S/C24H22F3N5O3/c1-34-21-9-16(5-6-17(21)12-28)10-22-29-13-18(30-22)14-31-7-8-32(23(33)15-31)19-3-2-4-20(11-19)35-24(25,26)27/h2-6,9,11,13H,7-8,10,14-15H2,1H3,(H,29,30). The fourth-order valence-electron chi connectivity index (χ4n) is 3.93. The van der Waals surface area contributed by atoms with E-state index in [9.17, 15) is 18.0 Å². The fourth-order valence-corrected chi connectivity index (χ4v) is 3.93. The van der Waals surface area contributed by atoms with E-state index in [1.165, 1.54) is 30.2 Å². The van der Waals surface area contributed by atoms with Crippen molar-refractivity contribution in [1.82, 2.24) is 14.9 Å². The Bertz CT molecular complexity index is 1250. The van der Waals surface area contributed by atoms with E-state index in [1.54, 1.807) is 24.4 Å². The van der Waals surface area contributed by atoms with Gasteiger partial charge < -0.3 is 19.4 Å². The van der Waals surface area contributed by atoms with E-state index in [2.05, 4.69) is 20.8 Å². The molecule has 2 aromatic carbocycles. The Morgan fingerprint density at radius 1 is 1.20 bits per heavy atom. The summed E-state index contributed by atoms with van der Waals surface area (Å²) in [6.07, 6.45) is -2.56. The first-order chi connectivity index (χ1) is 16.7. The van der Waals surface area contributed by atoms with Crippen LogP contribution in [-0.4, -0.2) is 53.9 Å². The van der Waals surface area contributed by atoms with Gasteiger partial charge in [0.2, 0.25) is 5.91 Å². The molecule has 0 saturated carbocycles. The molecule has 35 heavy (non-hydrogen) atoms. The number of alkyl halides is 3. The number of halogens is 3. The number of carbonyl (C=O) groups excluding carboxylic acids is 1. The average molecular weight is 485 g/mol. The van der Waals surface area contributed by atoms with Gasteiger partial charge in [0.15, 0.2) is 0 Å². The highest BCUT2D eigenvalue weighted by Gasteiger charge is 2.32. The van der Waals surface area contributed by atoms with Crippen molar-refractivity contribution in [2.45, 2.75) is 19.3 Å². The molecule has 0 atom stereocenters. The van der Waals surface area contributed by atoms with Crippen LogP contribution >= 0.6 is 0 Å². The second-order valence-corrected chi connectivity index (χ2v) is 7.98. The first kappa shape index (κ1) is 24.1. The summed E-state index contributed by atoms with van der Waals surface area (Å²) in [4.78, 5) is 23.8. The third kappa shape index (κ3) is 6.10. The van der Waals surface area contributed by atoms with E-state index >= 15 is 0 Å². The molecule has 1 aliphatic heterocycles. The molecule has 0 bridgehead atoms. The number of methoxy groups -OCH3 is 1. The molecule has 1 amide bonds. The van der Waals surface area contributed by atoms with Crippen LogP contribution in [0.3, 0.4) is 0 Å².